The van der Waals surface area contributed by atoms with E-state index >= 15 is 0 Å². The molecule has 46 valence electrons. The van der Waals surface area contributed by atoms with E-state index in [9.17, 15) is 8.78 Å². The maximum atomic E-state index is 12.2. The molecule has 0 aliphatic heterocycles. The highest BCUT2D eigenvalue weighted by atomic mass is 127. The number of rotatable bonds is 1. The van der Waals surface area contributed by atoms with Gasteiger partial charge in [0.25, 0.3) is 0 Å². The van der Waals surface area contributed by atoms with Crippen LogP contribution in [-0.2, 0) is 0 Å². The first-order valence-corrected chi connectivity index (χ1v) is 3.50. The summed E-state index contributed by atoms with van der Waals surface area (Å²) < 4.78 is 23.4. The number of hydrogen-bond donors (Lipinski definition) is 0. The Bertz CT molecular complexity index is 122. The maximum absolute atomic E-state index is 12.2. The van der Waals surface area contributed by atoms with Crippen molar-refractivity contribution in [3.63, 3.8) is 0 Å². The van der Waals surface area contributed by atoms with E-state index in [0.29, 0.717) is 0 Å². The zero-order valence-electron chi connectivity index (χ0n) is 4.13. The van der Waals surface area contributed by atoms with Crippen molar-refractivity contribution in [1.29, 1.82) is 0 Å². The van der Waals surface area contributed by atoms with Gasteiger partial charge in [-0.3, -0.25) is 0 Å². The van der Waals surface area contributed by atoms with E-state index in [0.717, 1.165) is 12.8 Å². The van der Waals surface area contributed by atoms with Crippen molar-refractivity contribution < 1.29 is 8.78 Å². The summed E-state index contributed by atoms with van der Waals surface area (Å²) in [7, 11) is 0. The summed E-state index contributed by atoms with van der Waals surface area (Å²) >= 11 is 1.36. The van der Waals surface area contributed by atoms with Gasteiger partial charge in [-0.25, -0.2) is 4.39 Å². The highest BCUT2D eigenvalue weighted by Crippen LogP contribution is 2.40. The smallest absolute Gasteiger partial charge is 0.192 e. The van der Waals surface area contributed by atoms with E-state index < -0.39 is 9.66 Å². The molecule has 1 aliphatic rings. The van der Waals surface area contributed by atoms with Crippen LogP contribution < -0.4 is 0 Å². The molecule has 8 heavy (non-hydrogen) atoms. The molecule has 1 rings (SSSR count). The third-order valence-electron chi connectivity index (χ3n) is 1.12. The molecule has 0 bridgehead atoms. The van der Waals surface area contributed by atoms with Gasteiger partial charge in [0, 0.05) is 5.92 Å². The fourth-order valence-corrected chi connectivity index (χ4v) is 0.931. The van der Waals surface area contributed by atoms with Gasteiger partial charge in [0.1, 0.15) is 5.83 Å². The number of allylic oxidation sites excluding steroid dienone is 1. The Balaban J connectivity index is 2.54. The van der Waals surface area contributed by atoms with Crippen molar-refractivity contribution >= 4 is 22.6 Å². The van der Waals surface area contributed by atoms with Crippen molar-refractivity contribution in [1.82, 2.24) is 0 Å². The molecule has 3 heteroatoms. The lowest BCUT2D eigenvalue weighted by molar-refractivity contribution is 0.533. The number of halogens is 3. The monoisotopic (exact) mass is 230 g/mol. The van der Waals surface area contributed by atoms with Gasteiger partial charge in [-0.2, -0.15) is 4.39 Å². The van der Waals surface area contributed by atoms with E-state index in [1.54, 1.807) is 0 Å². The molecule has 0 aromatic rings. The van der Waals surface area contributed by atoms with E-state index in [2.05, 4.69) is 0 Å². The van der Waals surface area contributed by atoms with Gasteiger partial charge in [0.15, 0.2) is 3.83 Å². The molecular weight excluding hydrogens is 225 g/mol. The summed E-state index contributed by atoms with van der Waals surface area (Å²) in [4.78, 5) is 0. The van der Waals surface area contributed by atoms with Crippen LogP contribution in [0, 0.1) is 5.92 Å². The SMILES string of the molecule is F/C(I)=C(\F)C1CC1. The van der Waals surface area contributed by atoms with Gasteiger partial charge in [-0.15, -0.1) is 0 Å². The van der Waals surface area contributed by atoms with Gasteiger partial charge in [-0.1, -0.05) is 0 Å². The predicted octanol–water partition coefficient (Wildman–Crippen LogP) is 2.94. The molecule has 0 aromatic heterocycles. The molecule has 0 nitrogen and oxygen atoms in total. The highest BCUT2D eigenvalue weighted by Gasteiger charge is 2.28. The predicted molar refractivity (Wildman–Crippen MR) is 36.0 cm³/mol. The minimum atomic E-state index is -0.676. The molecule has 1 fully saturated rings. The van der Waals surface area contributed by atoms with Crippen molar-refractivity contribution in [2.45, 2.75) is 12.8 Å². The Kier molecular flexibility index (Phi) is 1.84. The lowest BCUT2D eigenvalue weighted by Gasteiger charge is -1.86. The first-order chi connectivity index (χ1) is 3.72. The average molecular weight is 230 g/mol. The Morgan fingerprint density at radius 1 is 1.38 bits per heavy atom. The van der Waals surface area contributed by atoms with Gasteiger partial charge >= 0.3 is 0 Å². The second-order valence-corrected chi connectivity index (χ2v) is 2.83. The molecule has 0 aromatic carbocycles. The molecule has 1 saturated carbocycles. The van der Waals surface area contributed by atoms with Crippen molar-refractivity contribution in [3.05, 3.63) is 9.66 Å². The highest BCUT2D eigenvalue weighted by molar-refractivity contribution is 14.1. The van der Waals surface area contributed by atoms with Crippen LogP contribution in [0.25, 0.3) is 0 Å². The van der Waals surface area contributed by atoms with E-state index in [1.165, 1.54) is 22.6 Å². The van der Waals surface area contributed by atoms with E-state index in [4.69, 9.17) is 0 Å². The van der Waals surface area contributed by atoms with Crippen LogP contribution in [0.2, 0.25) is 0 Å². The maximum Gasteiger partial charge on any atom is 0.192 e. The first kappa shape index (κ1) is 6.45. The molecule has 0 N–H and O–H groups in total. The quantitative estimate of drug-likeness (QED) is 0.607. The Hall–Kier alpha value is 0.330. The van der Waals surface area contributed by atoms with Crippen LogP contribution in [0.1, 0.15) is 12.8 Å². The second kappa shape index (κ2) is 2.29. The lowest BCUT2D eigenvalue weighted by Crippen LogP contribution is -1.74. The molecular formula is C5H5F2I. The zero-order valence-corrected chi connectivity index (χ0v) is 6.28. The normalized spacial score (nSPS) is 22.9. The summed E-state index contributed by atoms with van der Waals surface area (Å²) in [5, 5.41) is 0. The molecule has 1 aliphatic carbocycles. The largest absolute Gasteiger partial charge is 0.208 e. The van der Waals surface area contributed by atoms with Crippen molar-refractivity contribution in [2.75, 3.05) is 0 Å². The van der Waals surface area contributed by atoms with Crippen LogP contribution in [0.3, 0.4) is 0 Å². The van der Waals surface area contributed by atoms with E-state index in [-0.39, 0.29) is 5.92 Å². The Labute approximate surface area is 60.1 Å². The van der Waals surface area contributed by atoms with Crippen molar-refractivity contribution in [2.24, 2.45) is 5.92 Å². The average Bonchev–Trinajstić information content (AvgIpc) is 2.43. The van der Waals surface area contributed by atoms with Gasteiger partial charge in [0.05, 0.1) is 0 Å². The molecule has 0 radical (unpaired) electrons. The summed E-state index contributed by atoms with van der Waals surface area (Å²) in [6.07, 6.45) is 1.64. The summed E-state index contributed by atoms with van der Waals surface area (Å²) in [6.45, 7) is 0. The molecule has 0 unspecified atom stereocenters. The fraction of sp³-hybridized carbons (Fsp3) is 0.600. The third kappa shape index (κ3) is 1.40. The Morgan fingerprint density at radius 2 is 1.88 bits per heavy atom. The van der Waals surface area contributed by atoms with Crippen LogP contribution >= 0.6 is 22.6 Å². The van der Waals surface area contributed by atoms with Crippen LogP contribution in [0.4, 0.5) is 8.78 Å². The molecule has 0 spiro atoms. The molecule has 0 amide bonds. The van der Waals surface area contributed by atoms with Gasteiger partial charge < -0.3 is 0 Å². The first-order valence-electron chi connectivity index (χ1n) is 2.42. The minimum absolute atomic E-state index is 0.0769. The van der Waals surface area contributed by atoms with Gasteiger partial charge in [0.2, 0.25) is 0 Å². The number of hydrogen-bond acceptors (Lipinski definition) is 0. The molecule has 0 atom stereocenters. The van der Waals surface area contributed by atoms with Crippen LogP contribution in [0.15, 0.2) is 9.66 Å². The third-order valence-corrected chi connectivity index (χ3v) is 1.63. The summed E-state index contributed by atoms with van der Waals surface area (Å²) in [5.74, 6) is -0.627. The lowest BCUT2D eigenvalue weighted by atomic mass is 10.4. The molecule has 0 saturated heterocycles. The topological polar surface area (TPSA) is 0 Å². The van der Waals surface area contributed by atoms with E-state index in [1.807, 2.05) is 0 Å². The second-order valence-electron chi connectivity index (χ2n) is 1.88. The summed E-state index contributed by atoms with van der Waals surface area (Å²) in [5.41, 5.74) is 0. The van der Waals surface area contributed by atoms with Gasteiger partial charge in [-0.05, 0) is 35.4 Å². The van der Waals surface area contributed by atoms with Crippen LogP contribution in [0.5, 0.6) is 0 Å². The summed E-state index contributed by atoms with van der Waals surface area (Å²) in [6, 6.07) is 0. The Morgan fingerprint density at radius 3 is 2.00 bits per heavy atom. The fourth-order valence-electron chi connectivity index (χ4n) is 0.491. The zero-order chi connectivity index (χ0) is 6.15. The molecule has 0 heterocycles. The standard InChI is InChI=1S/C5H5F2I/c6-4(5(7)8)3-1-2-3/h3H,1-2H2/b5-4+. The van der Waals surface area contributed by atoms with Crippen molar-refractivity contribution in [3.8, 4) is 0 Å². The minimum Gasteiger partial charge on any atom is -0.208 e. The van der Waals surface area contributed by atoms with Crippen LogP contribution in [-0.4, -0.2) is 0 Å².